The van der Waals surface area contributed by atoms with Crippen LogP contribution in [-0.4, -0.2) is 12.6 Å². The zero-order valence-corrected chi connectivity index (χ0v) is 7.75. The van der Waals surface area contributed by atoms with E-state index in [1.807, 2.05) is 13.0 Å². The molecule has 0 radical (unpaired) electrons. The van der Waals surface area contributed by atoms with Crippen LogP contribution >= 0.6 is 0 Å². The first-order chi connectivity index (χ1) is 5.72. The Morgan fingerprint density at radius 2 is 2.25 bits per heavy atom. The van der Waals surface area contributed by atoms with E-state index < -0.39 is 0 Å². The normalized spacial score (nSPS) is 28.5. The molecule has 2 nitrogen and oxygen atoms in total. The van der Waals surface area contributed by atoms with Gasteiger partial charge in [0, 0.05) is 6.08 Å². The average Bonchev–Trinajstić information content (AvgIpc) is 1.96. The van der Waals surface area contributed by atoms with Crippen LogP contribution in [0.4, 0.5) is 0 Å². The van der Waals surface area contributed by atoms with Gasteiger partial charge in [-0.2, -0.15) is 0 Å². The zero-order valence-electron chi connectivity index (χ0n) is 7.75. The molecule has 0 bridgehead atoms. The van der Waals surface area contributed by atoms with Crippen LogP contribution in [0.1, 0.15) is 26.7 Å². The van der Waals surface area contributed by atoms with Crippen LogP contribution in [0.2, 0.25) is 0 Å². The lowest BCUT2D eigenvalue weighted by Gasteiger charge is -2.29. The topological polar surface area (TPSA) is 26.3 Å². The Hall–Kier alpha value is -0.790. The van der Waals surface area contributed by atoms with Crippen molar-refractivity contribution in [1.29, 1.82) is 0 Å². The Bertz CT molecular complexity index is 178. The van der Waals surface area contributed by atoms with E-state index >= 15 is 0 Å². The minimum atomic E-state index is -0.211. The Kier molecular flexibility index (Phi) is 3.32. The molecule has 0 amide bonds. The summed E-state index contributed by atoms with van der Waals surface area (Å²) in [5, 5.41) is 0. The van der Waals surface area contributed by atoms with Crippen LogP contribution in [0, 0.1) is 11.8 Å². The maximum Gasteiger partial charge on any atom is 0.330 e. The number of hydrogen-bond donors (Lipinski definition) is 0. The lowest BCUT2D eigenvalue weighted by Crippen LogP contribution is -2.19. The van der Waals surface area contributed by atoms with Gasteiger partial charge in [0.25, 0.3) is 0 Å². The lowest BCUT2D eigenvalue weighted by molar-refractivity contribution is -0.137. The lowest BCUT2D eigenvalue weighted by atomic mass is 9.76. The Morgan fingerprint density at radius 1 is 1.58 bits per heavy atom. The van der Waals surface area contributed by atoms with Crippen LogP contribution in [0.5, 0.6) is 0 Å². The molecule has 0 unspecified atom stereocenters. The standard InChI is InChI=1S/C10H16O2/c1-3-12-10(11)5-4-9-6-8(2)7-9/h4-5,8-9H,3,6-7H2,1-2H3/b5-4+/t8-,9-. The molecule has 0 saturated heterocycles. The van der Waals surface area contributed by atoms with E-state index in [4.69, 9.17) is 4.74 Å². The van der Waals surface area contributed by atoms with Crippen LogP contribution in [0.15, 0.2) is 12.2 Å². The van der Waals surface area contributed by atoms with Gasteiger partial charge in [0.2, 0.25) is 0 Å². The third kappa shape index (κ3) is 2.68. The third-order valence-corrected chi connectivity index (χ3v) is 2.20. The number of carbonyl (C=O) groups is 1. The largest absolute Gasteiger partial charge is 0.463 e. The second-order valence-corrected chi connectivity index (χ2v) is 3.45. The first kappa shape index (κ1) is 9.30. The zero-order chi connectivity index (χ0) is 8.97. The van der Waals surface area contributed by atoms with Gasteiger partial charge >= 0.3 is 5.97 Å². The minimum Gasteiger partial charge on any atom is -0.463 e. The van der Waals surface area contributed by atoms with Crippen molar-refractivity contribution in [3.05, 3.63) is 12.2 Å². The second-order valence-electron chi connectivity index (χ2n) is 3.45. The molecule has 0 aliphatic heterocycles. The highest BCUT2D eigenvalue weighted by Gasteiger charge is 2.22. The van der Waals surface area contributed by atoms with Gasteiger partial charge in [0.15, 0.2) is 0 Å². The molecule has 0 aromatic heterocycles. The van der Waals surface area contributed by atoms with Crippen molar-refractivity contribution >= 4 is 5.97 Å². The van der Waals surface area contributed by atoms with Crippen molar-refractivity contribution < 1.29 is 9.53 Å². The van der Waals surface area contributed by atoms with Crippen LogP contribution < -0.4 is 0 Å². The highest BCUT2D eigenvalue weighted by molar-refractivity contribution is 5.81. The van der Waals surface area contributed by atoms with E-state index in [1.165, 1.54) is 12.8 Å². The van der Waals surface area contributed by atoms with Gasteiger partial charge in [-0.3, -0.25) is 0 Å². The fourth-order valence-electron chi connectivity index (χ4n) is 1.53. The highest BCUT2D eigenvalue weighted by atomic mass is 16.5. The molecule has 0 N–H and O–H groups in total. The van der Waals surface area contributed by atoms with E-state index in [1.54, 1.807) is 6.08 Å². The van der Waals surface area contributed by atoms with Crippen molar-refractivity contribution in [2.24, 2.45) is 11.8 Å². The fourth-order valence-corrected chi connectivity index (χ4v) is 1.53. The predicted octanol–water partition coefficient (Wildman–Crippen LogP) is 2.15. The van der Waals surface area contributed by atoms with Crippen molar-refractivity contribution in [2.75, 3.05) is 6.61 Å². The summed E-state index contributed by atoms with van der Waals surface area (Å²) in [6, 6.07) is 0. The first-order valence-corrected chi connectivity index (χ1v) is 4.57. The molecule has 12 heavy (non-hydrogen) atoms. The van der Waals surface area contributed by atoms with Crippen molar-refractivity contribution in [3.63, 3.8) is 0 Å². The molecule has 0 aromatic carbocycles. The number of allylic oxidation sites excluding steroid dienone is 1. The Morgan fingerprint density at radius 3 is 2.75 bits per heavy atom. The van der Waals surface area contributed by atoms with Gasteiger partial charge in [0.05, 0.1) is 6.61 Å². The maximum absolute atomic E-state index is 10.9. The second kappa shape index (κ2) is 4.29. The van der Waals surface area contributed by atoms with E-state index in [9.17, 15) is 4.79 Å². The third-order valence-electron chi connectivity index (χ3n) is 2.20. The highest BCUT2D eigenvalue weighted by Crippen LogP contribution is 2.33. The number of esters is 1. The summed E-state index contributed by atoms with van der Waals surface area (Å²) in [5.41, 5.74) is 0. The van der Waals surface area contributed by atoms with Crippen LogP contribution in [-0.2, 0) is 9.53 Å². The monoisotopic (exact) mass is 168 g/mol. The number of ether oxygens (including phenoxy) is 1. The summed E-state index contributed by atoms with van der Waals surface area (Å²) < 4.78 is 4.76. The van der Waals surface area contributed by atoms with E-state index in [0.717, 1.165) is 5.92 Å². The van der Waals surface area contributed by atoms with E-state index in [-0.39, 0.29) is 5.97 Å². The van der Waals surface area contributed by atoms with Crippen molar-refractivity contribution in [2.45, 2.75) is 26.7 Å². The molecule has 1 fully saturated rings. The van der Waals surface area contributed by atoms with Gasteiger partial charge in [-0.15, -0.1) is 0 Å². The minimum absolute atomic E-state index is 0.211. The molecule has 1 aliphatic rings. The molecule has 2 heteroatoms. The molecule has 68 valence electrons. The molecule has 1 rings (SSSR count). The number of hydrogen-bond acceptors (Lipinski definition) is 2. The molecule has 0 atom stereocenters. The van der Waals surface area contributed by atoms with Gasteiger partial charge in [-0.1, -0.05) is 13.0 Å². The number of rotatable bonds is 3. The molecule has 1 aliphatic carbocycles. The van der Waals surface area contributed by atoms with E-state index in [2.05, 4.69) is 6.92 Å². The van der Waals surface area contributed by atoms with Crippen molar-refractivity contribution in [3.8, 4) is 0 Å². The van der Waals surface area contributed by atoms with Gasteiger partial charge in [-0.25, -0.2) is 4.79 Å². The molecule has 0 heterocycles. The van der Waals surface area contributed by atoms with Gasteiger partial charge in [0.1, 0.15) is 0 Å². The van der Waals surface area contributed by atoms with Gasteiger partial charge < -0.3 is 4.74 Å². The summed E-state index contributed by atoms with van der Waals surface area (Å²) in [7, 11) is 0. The Labute approximate surface area is 73.6 Å². The maximum atomic E-state index is 10.9. The smallest absolute Gasteiger partial charge is 0.330 e. The molecule has 0 spiro atoms. The average molecular weight is 168 g/mol. The van der Waals surface area contributed by atoms with Crippen molar-refractivity contribution in [1.82, 2.24) is 0 Å². The summed E-state index contributed by atoms with van der Waals surface area (Å²) in [4.78, 5) is 10.9. The molecule has 1 saturated carbocycles. The summed E-state index contributed by atoms with van der Waals surface area (Å²) >= 11 is 0. The number of carbonyl (C=O) groups excluding carboxylic acids is 1. The fraction of sp³-hybridized carbons (Fsp3) is 0.700. The van der Waals surface area contributed by atoms with Gasteiger partial charge in [-0.05, 0) is 31.6 Å². The molecular formula is C10H16O2. The predicted molar refractivity (Wildman–Crippen MR) is 47.7 cm³/mol. The Balaban J connectivity index is 2.17. The quantitative estimate of drug-likeness (QED) is 0.477. The summed E-state index contributed by atoms with van der Waals surface area (Å²) in [5.74, 6) is 1.24. The summed E-state index contributed by atoms with van der Waals surface area (Å²) in [6.07, 6.45) is 5.96. The molecular weight excluding hydrogens is 152 g/mol. The molecule has 0 aromatic rings. The first-order valence-electron chi connectivity index (χ1n) is 4.57. The summed E-state index contributed by atoms with van der Waals surface area (Å²) in [6.45, 7) is 4.51. The SMILES string of the molecule is CCOC(=O)/C=C/[C@H]1C[C@H](C)C1. The van der Waals surface area contributed by atoms with Crippen LogP contribution in [0.3, 0.4) is 0 Å². The van der Waals surface area contributed by atoms with E-state index in [0.29, 0.717) is 12.5 Å². The van der Waals surface area contributed by atoms with Crippen LogP contribution in [0.25, 0.3) is 0 Å².